The van der Waals surface area contributed by atoms with Gasteiger partial charge in [0.1, 0.15) is 17.5 Å². The van der Waals surface area contributed by atoms with Crippen LogP contribution in [0.3, 0.4) is 0 Å². The van der Waals surface area contributed by atoms with Gasteiger partial charge in [-0.25, -0.2) is 8.78 Å². The maximum Gasteiger partial charge on any atom is 0.256 e. The molecule has 29 heavy (non-hydrogen) atoms. The van der Waals surface area contributed by atoms with Crippen molar-refractivity contribution < 1.29 is 28.1 Å². The molecule has 1 N–H and O–H groups in total. The number of rotatable bonds is 6. The molecule has 160 valence electrons. The van der Waals surface area contributed by atoms with Crippen LogP contribution in [0.25, 0.3) is 10.9 Å². The highest BCUT2D eigenvalue weighted by atomic mass is 19.3. The minimum atomic E-state index is -2.39. The molecule has 0 amide bonds. The lowest BCUT2D eigenvalue weighted by Crippen LogP contribution is -2.51. The Labute approximate surface area is 168 Å². The number of nitrogens with zero attached hydrogens (tertiary/aromatic N) is 2. The maximum absolute atomic E-state index is 12.8. The third-order valence-electron chi connectivity index (χ3n) is 5.57. The summed E-state index contributed by atoms with van der Waals surface area (Å²) < 4.78 is 44.2. The van der Waals surface area contributed by atoms with Crippen LogP contribution in [-0.2, 0) is 16.0 Å². The molecule has 0 saturated carbocycles. The number of alkyl halides is 2. The molecule has 1 aromatic carbocycles. The van der Waals surface area contributed by atoms with E-state index in [1.165, 1.54) is 0 Å². The monoisotopic (exact) mass is 410 g/mol. The predicted molar refractivity (Wildman–Crippen MR) is 105 cm³/mol. The Morgan fingerprint density at radius 1 is 1.14 bits per heavy atom. The van der Waals surface area contributed by atoms with Crippen molar-refractivity contribution in [2.75, 3.05) is 46.1 Å². The second-order valence-corrected chi connectivity index (χ2v) is 7.97. The van der Waals surface area contributed by atoms with E-state index in [2.05, 4.69) is 4.90 Å². The topological polar surface area (TPSA) is 56.1 Å². The molecule has 2 aliphatic heterocycles. The number of aromatic nitrogens is 1. The maximum atomic E-state index is 12.8. The Kier molecular flexibility index (Phi) is 6.34. The number of likely N-dealkylation sites (tertiary alicyclic amines) is 1. The zero-order valence-electron chi connectivity index (χ0n) is 16.4. The number of hydrogen-bond acceptors (Lipinski definition) is 5. The van der Waals surface area contributed by atoms with E-state index >= 15 is 0 Å². The molecule has 2 aliphatic rings. The van der Waals surface area contributed by atoms with Gasteiger partial charge in [0.25, 0.3) is 6.43 Å². The van der Waals surface area contributed by atoms with Crippen LogP contribution in [0.4, 0.5) is 8.78 Å². The SMILES string of the molecule is OC1(CN2CCC(Oc3cccc4c3ccn4CC(F)F)CC2)COCCOC1. The lowest BCUT2D eigenvalue weighted by molar-refractivity contribution is -0.0795. The molecule has 1 aromatic heterocycles. The first-order valence-corrected chi connectivity index (χ1v) is 10.2. The quantitative estimate of drug-likeness (QED) is 0.793. The normalized spacial score (nSPS) is 21.5. The van der Waals surface area contributed by atoms with Gasteiger partial charge in [0, 0.05) is 31.2 Å². The molecule has 0 aliphatic carbocycles. The number of aliphatic hydroxyl groups is 1. The molecular formula is C21H28F2N2O4. The molecule has 2 saturated heterocycles. The van der Waals surface area contributed by atoms with E-state index in [-0.39, 0.29) is 12.6 Å². The standard InChI is InChI=1S/C21H28F2N2O4/c22-20(23)12-25-9-6-17-18(25)2-1-3-19(17)29-16-4-7-24(8-5-16)13-21(26)14-27-10-11-28-15-21/h1-3,6,9,16,20,26H,4-5,7-8,10-15H2. The number of fused-ring (bicyclic) bond motifs is 1. The Balaban J connectivity index is 1.34. The van der Waals surface area contributed by atoms with E-state index in [1.54, 1.807) is 10.8 Å². The van der Waals surface area contributed by atoms with Crippen LogP contribution < -0.4 is 4.74 Å². The number of hydrogen-bond donors (Lipinski definition) is 1. The molecule has 2 aromatic rings. The summed E-state index contributed by atoms with van der Waals surface area (Å²) in [6.45, 7) is 3.45. The second kappa shape index (κ2) is 8.95. The number of benzene rings is 1. The minimum Gasteiger partial charge on any atom is -0.490 e. The van der Waals surface area contributed by atoms with E-state index in [0.717, 1.165) is 42.6 Å². The van der Waals surface area contributed by atoms with Gasteiger partial charge in [0.05, 0.1) is 38.5 Å². The van der Waals surface area contributed by atoms with Crippen LogP contribution in [0.15, 0.2) is 30.5 Å². The van der Waals surface area contributed by atoms with Crippen molar-refractivity contribution in [2.24, 2.45) is 0 Å². The van der Waals surface area contributed by atoms with Crippen molar-refractivity contribution in [3.8, 4) is 5.75 Å². The first-order valence-electron chi connectivity index (χ1n) is 10.2. The first-order chi connectivity index (χ1) is 14.0. The van der Waals surface area contributed by atoms with Crippen LogP contribution in [0.2, 0.25) is 0 Å². The summed E-state index contributed by atoms with van der Waals surface area (Å²) in [5.74, 6) is 0.734. The lowest BCUT2D eigenvalue weighted by Gasteiger charge is -2.37. The van der Waals surface area contributed by atoms with Crippen LogP contribution in [0, 0.1) is 0 Å². The smallest absolute Gasteiger partial charge is 0.256 e. The fourth-order valence-corrected chi connectivity index (χ4v) is 4.16. The zero-order chi connectivity index (χ0) is 20.3. The van der Waals surface area contributed by atoms with Crippen LogP contribution in [-0.4, -0.2) is 78.8 Å². The highest BCUT2D eigenvalue weighted by Gasteiger charge is 2.34. The van der Waals surface area contributed by atoms with Crippen LogP contribution in [0.1, 0.15) is 12.8 Å². The molecule has 3 heterocycles. The van der Waals surface area contributed by atoms with Gasteiger partial charge < -0.3 is 28.8 Å². The predicted octanol–water partition coefficient (Wildman–Crippen LogP) is 2.53. The Bertz CT molecular complexity index is 797. The van der Waals surface area contributed by atoms with Crippen molar-refractivity contribution >= 4 is 10.9 Å². The molecule has 0 radical (unpaired) electrons. The van der Waals surface area contributed by atoms with Crippen molar-refractivity contribution in [3.05, 3.63) is 30.5 Å². The summed E-state index contributed by atoms with van der Waals surface area (Å²) in [5.41, 5.74) is -0.209. The van der Waals surface area contributed by atoms with Gasteiger partial charge in [-0.1, -0.05) is 6.07 Å². The summed E-state index contributed by atoms with van der Waals surface area (Å²) in [7, 11) is 0. The molecule has 6 nitrogen and oxygen atoms in total. The molecule has 0 atom stereocenters. The van der Waals surface area contributed by atoms with Crippen LogP contribution in [0.5, 0.6) is 5.75 Å². The Morgan fingerprint density at radius 2 is 1.86 bits per heavy atom. The third kappa shape index (κ3) is 5.06. The molecule has 0 spiro atoms. The summed E-state index contributed by atoms with van der Waals surface area (Å²) in [4.78, 5) is 2.22. The van der Waals surface area contributed by atoms with E-state index < -0.39 is 12.0 Å². The Morgan fingerprint density at radius 3 is 2.55 bits per heavy atom. The third-order valence-corrected chi connectivity index (χ3v) is 5.57. The largest absolute Gasteiger partial charge is 0.490 e. The molecule has 4 rings (SSSR count). The zero-order valence-corrected chi connectivity index (χ0v) is 16.4. The fraction of sp³-hybridized carbons (Fsp3) is 0.619. The van der Waals surface area contributed by atoms with Crippen molar-refractivity contribution in [1.29, 1.82) is 0 Å². The van der Waals surface area contributed by atoms with E-state index in [4.69, 9.17) is 14.2 Å². The summed E-state index contributed by atoms with van der Waals surface area (Å²) in [6.07, 6.45) is 1.03. The Hall–Kier alpha value is -1.74. The second-order valence-electron chi connectivity index (χ2n) is 7.97. The first kappa shape index (κ1) is 20.5. The number of β-amino-alcohol motifs (C(OH)–C–C–N with tert-alkyl or cyclic N) is 1. The number of ether oxygens (including phenoxy) is 3. The lowest BCUT2D eigenvalue weighted by atomic mass is 10.0. The van der Waals surface area contributed by atoms with Gasteiger partial charge >= 0.3 is 0 Å². The molecular weight excluding hydrogens is 382 g/mol. The molecule has 0 bridgehead atoms. The highest BCUT2D eigenvalue weighted by molar-refractivity contribution is 5.86. The highest BCUT2D eigenvalue weighted by Crippen LogP contribution is 2.30. The average molecular weight is 410 g/mol. The number of piperidine rings is 1. The van der Waals surface area contributed by atoms with Gasteiger partial charge in [0.2, 0.25) is 0 Å². The van der Waals surface area contributed by atoms with Crippen LogP contribution >= 0.6 is 0 Å². The molecule has 0 unspecified atom stereocenters. The van der Waals surface area contributed by atoms with Crippen molar-refractivity contribution in [1.82, 2.24) is 9.47 Å². The summed E-state index contributed by atoms with van der Waals surface area (Å²) in [6, 6.07) is 7.41. The van der Waals surface area contributed by atoms with E-state index in [1.807, 2.05) is 24.3 Å². The van der Waals surface area contributed by atoms with Gasteiger partial charge in [-0.3, -0.25) is 0 Å². The van der Waals surface area contributed by atoms with Gasteiger partial charge in [-0.15, -0.1) is 0 Å². The van der Waals surface area contributed by atoms with E-state index in [9.17, 15) is 13.9 Å². The van der Waals surface area contributed by atoms with E-state index in [0.29, 0.717) is 33.0 Å². The molecule has 2 fully saturated rings. The average Bonchev–Trinajstić information content (AvgIpc) is 2.97. The van der Waals surface area contributed by atoms with Crippen molar-refractivity contribution in [3.63, 3.8) is 0 Å². The van der Waals surface area contributed by atoms with Crippen molar-refractivity contribution in [2.45, 2.75) is 37.5 Å². The van der Waals surface area contributed by atoms with Gasteiger partial charge in [-0.2, -0.15) is 0 Å². The van der Waals surface area contributed by atoms with Gasteiger partial charge in [0.15, 0.2) is 0 Å². The fourth-order valence-electron chi connectivity index (χ4n) is 4.16. The summed E-state index contributed by atoms with van der Waals surface area (Å²) in [5, 5.41) is 11.6. The number of halogens is 2. The minimum absolute atomic E-state index is 0.0616. The summed E-state index contributed by atoms with van der Waals surface area (Å²) >= 11 is 0. The molecule has 8 heteroatoms. The van der Waals surface area contributed by atoms with Gasteiger partial charge in [-0.05, 0) is 31.0 Å².